The Morgan fingerprint density at radius 2 is 2.33 bits per heavy atom. The van der Waals surface area contributed by atoms with Crippen molar-refractivity contribution in [2.24, 2.45) is 22.9 Å². The highest BCUT2D eigenvalue weighted by Gasteiger charge is 2.36. The van der Waals surface area contributed by atoms with Crippen LogP contribution in [0.5, 0.6) is 0 Å². The first kappa shape index (κ1) is 10.7. The van der Waals surface area contributed by atoms with Crippen LogP contribution < -0.4 is 5.43 Å². The van der Waals surface area contributed by atoms with Gasteiger partial charge in [-0.3, -0.25) is 4.79 Å². The fraction of sp³-hybridized carbons (Fsp3) is 0.833. The maximum absolute atomic E-state index is 11.4. The molecule has 15 heavy (non-hydrogen) atoms. The van der Waals surface area contributed by atoms with Gasteiger partial charge in [0.25, 0.3) is 0 Å². The lowest BCUT2D eigenvalue weighted by molar-refractivity contribution is -0.121. The number of nitrogens with zero attached hydrogens (tertiary/aromatic N) is 1. The first-order valence-corrected chi connectivity index (χ1v) is 6.00. The smallest absolute Gasteiger partial charge is 0.240 e. The number of nitrogens with one attached hydrogen (secondary N) is 1. The molecule has 3 nitrogen and oxygen atoms in total. The van der Waals surface area contributed by atoms with Crippen molar-refractivity contribution in [2.45, 2.75) is 46.0 Å². The molecule has 2 fully saturated rings. The molecule has 2 rings (SSSR count). The number of hydrogen-bond donors (Lipinski definition) is 1. The highest BCUT2D eigenvalue weighted by Crippen LogP contribution is 2.42. The molecule has 84 valence electrons. The second-order valence-electron chi connectivity index (χ2n) is 5.32. The summed E-state index contributed by atoms with van der Waals surface area (Å²) in [4.78, 5) is 11.4. The quantitative estimate of drug-likeness (QED) is 0.710. The van der Waals surface area contributed by atoms with E-state index in [9.17, 15) is 4.79 Å². The normalized spacial score (nSPS) is 31.5. The fourth-order valence-electron chi connectivity index (χ4n) is 2.71. The molecule has 2 aliphatic carbocycles. The number of hydrazone groups is 1. The van der Waals surface area contributed by atoms with Gasteiger partial charge in [-0.1, -0.05) is 13.8 Å². The van der Waals surface area contributed by atoms with Gasteiger partial charge in [-0.25, -0.2) is 5.43 Å². The predicted molar refractivity (Wildman–Crippen MR) is 60.5 cm³/mol. The largest absolute Gasteiger partial charge is 0.273 e. The summed E-state index contributed by atoms with van der Waals surface area (Å²) in [5.41, 5.74) is 3.93. The molecule has 2 bridgehead atoms. The van der Waals surface area contributed by atoms with Crippen LogP contribution in [0.2, 0.25) is 0 Å². The van der Waals surface area contributed by atoms with Crippen LogP contribution in [0.1, 0.15) is 46.0 Å². The average Bonchev–Trinajstić information content (AvgIpc) is 2.74. The van der Waals surface area contributed by atoms with E-state index >= 15 is 0 Å². The molecule has 2 atom stereocenters. The van der Waals surface area contributed by atoms with E-state index < -0.39 is 0 Å². The minimum Gasteiger partial charge on any atom is -0.273 e. The molecule has 2 unspecified atom stereocenters. The maximum atomic E-state index is 11.4. The highest BCUT2D eigenvalue weighted by atomic mass is 16.2. The van der Waals surface area contributed by atoms with Crippen LogP contribution in [-0.2, 0) is 4.79 Å². The molecule has 0 radical (unpaired) electrons. The number of fused-ring (bicyclic) bond motifs is 2. The molecule has 2 aliphatic rings. The molecule has 0 aliphatic heterocycles. The number of carbonyl (C=O) groups excluding carboxylic acids is 1. The molecule has 0 aromatic heterocycles. The zero-order valence-corrected chi connectivity index (χ0v) is 9.62. The lowest BCUT2D eigenvalue weighted by Gasteiger charge is -2.11. The number of hydrogen-bond acceptors (Lipinski definition) is 2. The lowest BCUT2D eigenvalue weighted by Crippen LogP contribution is -2.22. The van der Waals surface area contributed by atoms with Crippen LogP contribution in [0.15, 0.2) is 5.10 Å². The molecule has 0 spiro atoms. The number of amides is 1. The van der Waals surface area contributed by atoms with E-state index in [0.717, 1.165) is 12.3 Å². The minimum atomic E-state index is 0.0558. The van der Waals surface area contributed by atoms with Gasteiger partial charge in [0.15, 0.2) is 0 Å². The zero-order chi connectivity index (χ0) is 10.8. The van der Waals surface area contributed by atoms with Crippen LogP contribution in [0.3, 0.4) is 0 Å². The van der Waals surface area contributed by atoms with Gasteiger partial charge in [0.2, 0.25) is 5.91 Å². The first-order valence-electron chi connectivity index (χ1n) is 6.00. The van der Waals surface area contributed by atoms with Crippen molar-refractivity contribution in [3.05, 3.63) is 0 Å². The fourth-order valence-corrected chi connectivity index (χ4v) is 2.71. The van der Waals surface area contributed by atoms with Gasteiger partial charge >= 0.3 is 0 Å². The van der Waals surface area contributed by atoms with Gasteiger partial charge in [0, 0.05) is 12.1 Å². The van der Waals surface area contributed by atoms with Crippen LogP contribution in [0, 0.1) is 17.8 Å². The minimum absolute atomic E-state index is 0.0558. The molecule has 3 heteroatoms. The Hall–Kier alpha value is -0.860. The summed E-state index contributed by atoms with van der Waals surface area (Å²) in [6, 6.07) is 0. The molecule has 1 amide bonds. The van der Waals surface area contributed by atoms with Gasteiger partial charge in [-0.15, -0.1) is 0 Å². The summed E-state index contributed by atoms with van der Waals surface area (Å²) in [5, 5.41) is 4.28. The van der Waals surface area contributed by atoms with Gasteiger partial charge in [-0.2, -0.15) is 5.10 Å². The standard InChI is InChI=1S/C12H20N2O/c1-8(2)5-12(15)14-13-11-7-9-3-4-10(11)6-9/h8-10H,3-7H2,1-2H3,(H,14,15). The van der Waals surface area contributed by atoms with Gasteiger partial charge < -0.3 is 0 Å². The predicted octanol–water partition coefficient (Wildman–Crippen LogP) is 2.32. The van der Waals surface area contributed by atoms with Crippen LogP contribution in [0.4, 0.5) is 0 Å². The molecule has 0 aromatic carbocycles. The summed E-state index contributed by atoms with van der Waals surface area (Å²) < 4.78 is 0. The summed E-state index contributed by atoms with van der Waals surface area (Å²) in [6.45, 7) is 4.09. The van der Waals surface area contributed by atoms with Gasteiger partial charge in [-0.05, 0) is 43.4 Å². The zero-order valence-electron chi connectivity index (χ0n) is 9.62. The number of rotatable bonds is 3. The summed E-state index contributed by atoms with van der Waals surface area (Å²) in [5.74, 6) is 2.00. The monoisotopic (exact) mass is 208 g/mol. The van der Waals surface area contributed by atoms with E-state index in [1.165, 1.54) is 25.0 Å². The van der Waals surface area contributed by atoms with Crippen LogP contribution in [0.25, 0.3) is 0 Å². The van der Waals surface area contributed by atoms with E-state index in [4.69, 9.17) is 0 Å². The highest BCUT2D eigenvalue weighted by molar-refractivity contribution is 5.90. The van der Waals surface area contributed by atoms with Gasteiger partial charge in [0.1, 0.15) is 0 Å². The summed E-state index contributed by atoms with van der Waals surface area (Å²) in [7, 11) is 0. The van der Waals surface area contributed by atoms with E-state index in [2.05, 4.69) is 10.5 Å². The molecular formula is C12H20N2O. The average molecular weight is 208 g/mol. The second kappa shape index (κ2) is 4.33. The SMILES string of the molecule is CC(C)CC(=O)NN=C1CC2CCC1C2. The van der Waals surface area contributed by atoms with Crippen molar-refractivity contribution in [2.75, 3.05) is 0 Å². The van der Waals surface area contributed by atoms with Crippen molar-refractivity contribution in [1.82, 2.24) is 5.43 Å². The third kappa shape index (κ3) is 2.58. The van der Waals surface area contributed by atoms with Crippen LogP contribution >= 0.6 is 0 Å². The van der Waals surface area contributed by atoms with Gasteiger partial charge in [0.05, 0.1) is 0 Å². The number of carbonyl (C=O) groups is 1. The van der Waals surface area contributed by atoms with Crippen molar-refractivity contribution in [3.8, 4) is 0 Å². The Balaban J connectivity index is 1.82. The molecule has 2 saturated carbocycles. The Bertz CT molecular complexity index is 283. The third-order valence-corrected chi connectivity index (χ3v) is 3.43. The molecule has 1 N–H and O–H groups in total. The van der Waals surface area contributed by atoms with Crippen molar-refractivity contribution >= 4 is 11.6 Å². The summed E-state index contributed by atoms with van der Waals surface area (Å²) in [6.07, 6.45) is 5.64. The Labute approximate surface area is 91.3 Å². The Morgan fingerprint density at radius 3 is 2.87 bits per heavy atom. The maximum Gasteiger partial charge on any atom is 0.240 e. The Morgan fingerprint density at radius 1 is 1.53 bits per heavy atom. The topological polar surface area (TPSA) is 41.5 Å². The molecule has 0 heterocycles. The lowest BCUT2D eigenvalue weighted by atomic mass is 9.99. The van der Waals surface area contributed by atoms with Crippen molar-refractivity contribution in [1.29, 1.82) is 0 Å². The summed E-state index contributed by atoms with van der Waals surface area (Å²) >= 11 is 0. The van der Waals surface area contributed by atoms with E-state index in [1.54, 1.807) is 0 Å². The van der Waals surface area contributed by atoms with E-state index in [0.29, 0.717) is 18.3 Å². The van der Waals surface area contributed by atoms with Crippen LogP contribution in [-0.4, -0.2) is 11.6 Å². The van der Waals surface area contributed by atoms with E-state index in [1.807, 2.05) is 13.8 Å². The first-order chi connectivity index (χ1) is 7.15. The molecular weight excluding hydrogens is 188 g/mol. The van der Waals surface area contributed by atoms with Crippen molar-refractivity contribution < 1.29 is 4.79 Å². The second-order valence-corrected chi connectivity index (χ2v) is 5.32. The van der Waals surface area contributed by atoms with Crippen molar-refractivity contribution in [3.63, 3.8) is 0 Å². The molecule has 0 aromatic rings. The Kier molecular flexibility index (Phi) is 3.08. The molecule has 0 saturated heterocycles. The van der Waals surface area contributed by atoms with E-state index in [-0.39, 0.29) is 5.91 Å². The third-order valence-electron chi connectivity index (χ3n) is 3.43.